The van der Waals surface area contributed by atoms with Crippen LogP contribution in [0.1, 0.15) is 45.1 Å². The molecule has 2 unspecified atom stereocenters. The van der Waals surface area contributed by atoms with Gasteiger partial charge in [0.25, 0.3) is 0 Å². The predicted molar refractivity (Wildman–Crippen MR) is 129 cm³/mol. The molecule has 1 fully saturated rings. The first-order chi connectivity index (χ1) is 13.6. The number of aliphatic hydroxyl groups is 1. The number of rotatable bonds is 4. The molecule has 0 spiro atoms. The second-order valence-corrected chi connectivity index (χ2v) is 7.31. The van der Waals surface area contributed by atoms with Gasteiger partial charge in [0.15, 0.2) is 0 Å². The number of benzene rings is 2. The van der Waals surface area contributed by atoms with Crippen molar-refractivity contribution in [3.8, 4) is 23.0 Å². The maximum absolute atomic E-state index is 10.9. The average Bonchev–Trinajstić information content (AvgIpc) is 2.77. The summed E-state index contributed by atoms with van der Waals surface area (Å²) >= 11 is 2.15. The summed E-state index contributed by atoms with van der Waals surface area (Å²) in [6, 6.07) is 18.6. The van der Waals surface area contributed by atoms with E-state index in [0.717, 1.165) is 30.6 Å². The highest BCUT2D eigenvalue weighted by atomic mass is 127. The molecule has 0 bridgehead atoms. The molecular weight excluding hydrogens is 457 g/mol. The molecule has 1 saturated heterocycles. The van der Waals surface area contributed by atoms with Crippen molar-refractivity contribution in [3.05, 3.63) is 60.2 Å². The minimum Gasteiger partial charge on any atom is -0.374 e. The van der Waals surface area contributed by atoms with Gasteiger partial charge in [-0.15, -0.1) is 0 Å². The molecule has 0 aliphatic carbocycles. The van der Waals surface area contributed by atoms with Crippen molar-refractivity contribution in [1.82, 2.24) is 4.90 Å². The van der Waals surface area contributed by atoms with Gasteiger partial charge in [-0.1, -0.05) is 102 Å². The van der Waals surface area contributed by atoms with E-state index in [9.17, 15) is 5.11 Å². The van der Waals surface area contributed by atoms with E-state index < -0.39 is 5.60 Å². The molecule has 2 aromatic carbocycles. The minimum atomic E-state index is -1.13. The monoisotopic (exact) mass is 489 g/mol. The van der Waals surface area contributed by atoms with Crippen molar-refractivity contribution in [2.45, 2.75) is 51.2 Å². The Morgan fingerprint density at radius 2 is 1.54 bits per heavy atom. The van der Waals surface area contributed by atoms with Crippen molar-refractivity contribution in [3.63, 3.8) is 0 Å². The first kappa shape index (κ1) is 22.9. The van der Waals surface area contributed by atoms with E-state index >= 15 is 0 Å². The Labute approximate surface area is 184 Å². The maximum Gasteiger partial charge on any atom is 0.148 e. The van der Waals surface area contributed by atoms with E-state index in [0.29, 0.717) is 0 Å². The SMILES string of the molecule is CCC(C#CC(C)(O)c1ccc(-c2ccccc2)cc1)N1CCCCC1.CI. The topological polar surface area (TPSA) is 23.5 Å². The lowest BCUT2D eigenvalue weighted by atomic mass is 9.93. The van der Waals surface area contributed by atoms with Crippen molar-refractivity contribution < 1.29 is 5.11 Å². The lowest BCUT2D eigenvalue weighted by molar-refractivity contribution is 0.121. The Hall–Kier alpha value is -1.35. The summed E-state index contributed by atoms with van der Waals surface area (Å²) in [5, 5.41) is 10.9. The summed E-state index contributed by atoms with van der Waals surface area (Å²) in [6.45, 7) is 6.22. The van der Waals surface area contributed by atoms with Crippen LogP contribution in [-0.2, 0) is 5.60 Å². The number of hydrogen-bond acceptors (Lipinski definition) is 2. The van der Waals surface area contributed by atoms with E-state index in [1.54, 1.807) is 6.92 Å². The van der Waals surface area contributed by atoms with E-state index in [-0.39, 0.29) is 6.04 Å². The van der Waals surface area contributed by atoms with Crippen molar-refractivity contribution in [2.24, 2.45) is 0 Å². The highest BCUT2D eigenvalue weighted by Gasteiger charge is 2.22. The third-order valence-corrected chi connectivity index (χ3v) is 5.25. The summed E-state index contributed by atoms with van der Waals surface area (Å²) in [6.07, 6.45) is 4.84. The Morgan fingerprint density at radius 1 is 0.964 bits per heavy atom. The van der Waals surface area contributed by atoms with Gasteiger partial charge < -0.3 is 5.11 Å². The van der Waals surface area contributed by atoms with E-state index in [1.807, 2.05) is 35.3 Å². The largest absolute Gasteiger partial charge is 0.374 e. The first-order valence-corrected chi connectivity index (χ1v) is 12.3. The van der Waals surface area contributed by atoms with Gasteiger partial charge in [0, 0.05) is 0 Å². The number of alkyl halides is 1. The molecule has 2 atom stereocenters. The van der Waals surface area contributed by atoms with Gasteiger partial charge in [0.2, 0.25) is 0 Å². The van der Waals surface area contributed by atoms with Gasteiger partial charge in [-0.25, -0.2) is 0 Å². The highest BCUT2D eigenvalue weighted by molar-refractivity contribution is 14.1. The van der Waals surface area contributed by atoms with Gasteiger partial charge in [-0.05, 0) is 60.9 Å². The molecule has 150 valence electrons. The van der Waals surface area contributed by atoms with E-state index in [4.69, 9.17) is 0 Å². The molecule has 3 heteroatoms. The summed E-state index contributed by atoms with van der Waals surface area (Å²) in [5.41, 5.74) is 2.05. The molecule has 3 rings (SSSR count). The zero-order valence-electron chi connectivity index (χ0n) is 17.3. The second-order valence-electron chi connectivity index (χ2n) is 7.31. The molecule has 1 aliphatic rings. The van der Waals surface area contributed by atoms with Crippen LogP contribution in [-0.4, -0.2) is 34.1 Å². The van der Waals surface area contributed by atoms with Crippen LogP contribution in [0.4, 0.5) is 0 Å². The fourth-order valence-corrected chi connectivity index (χ4v) is 3.60. The van der Waals surface area contributed by atoms with Gasteiger partial charge in [-0.3, -0.25) is 4.90 Å². The van der Waals surface area contributed by atoms with Crippen molar-refractivity contribution in [2.75, 3.05) is 18.0 Å². The molecule has 1 N–H and O–H groups in total. The van der Waals surface area contributed by atoms with E-state index in [2.05, 4.69) is 70.5 Å². The standard InChI is InChI=1S/C24H29NO.CH3I/c1-3-23(25-18-8-5-9-19-25)16-17-24(2,26)22-14-12-21(13-15-22)20-10-6-4-7-11-20;1-2/h4,6-7,10-15,23,26H,3,5,8-9,18-19H2,1-2H3;1H3. The number of piperidine rings is 1. The van der Waals surface area contributed by atoms with Crippen LogP contribution in [0.15, 0.2) is 54.6 Å². The fourth-order valence-electron chi connectivity index (χ4n) is 3.60. The summed E-state index contributed by atoms with van der Waals surface area (Å²) < 4.78 is 0. The van der Waals surface area contributed by atoms with Crippen LogP contribution in [0.3, 0.4) is 0 Å². The molecule has 2 aromatic rings. The molecule has 0 radical (unpaired) electrons. The molecule has 0 saturated carbocycles. The summed E-state index contributed by atoms with van der Waals surface area (Å²) in [5.74, 6) is 6.50. The molecule has 2 nitrogen and oxygen atoms in total. The van der Waals surface area contributed by atoms with E-state index in [1.165, 1.54) is 24.8 Å². The van der Waals surface area contributed by atoms with Crippen LogP contribution in [0, 0.1) is 11.8 Å². The van der Waals surface area contributed by atoms with Crippen molar-refractivity contribution >= 4 is 22.6 Å². The molecule has 28 heavy (non-hydrogen) atoms. The fraction of sp³-hybridized carbons (Fsp3) is 0.440. The summed E-state index contributed by atoms with van der Waals surface area (Å²) in [4.78, 5) is 4.43. The second kappa shape index (κ2) is 11.6. The summed E-state index contributed by atoms with van der Waals surface area (Å²) in [7, 11) is 0. The molecule has 1 aliphatic heterocycles. The Balaban J connectivity index is 0.00000136. The highest BCUT2D eigenvalue weighted by Crippen LogP contribution is 2.25. The Bertz CT molecular complexity index is 753. The predicted octanol–water partition coefficient (Wildman–Crippen LogP) is 5.88. The van der Waals surface area contributed by atoms with Gasteiger partial charge in [0.1, 0.15) is 5.60 Å². The number of hydrogen-bond donors (Lipinski definition) is 1. The van der Waals surface area contributed by atoms with Crippen LogP contribution in [0.25, 0.3) is 11.1 Å². The van der Waals surface area contributed by atoms with Crippen LogP contribution in [0.2, 0.25) is 0 Å². The lowest BCUT2D eigenvalue weighted by Gasteiger charge is -2.31. The molecule has 1 heterocycles. The third kappa shape index (κ3) is 6.34. The molecule has 0 aromatic heterocycles. The lowest BCUT2D eigenvalue weighted by Crippen LogP contribution is -2.38. The Morgan fingerprint density at radius 3 is 2.11 bits per heavy atom. The van der Waals surface area contributed by atoms with Crippen LogP contribution in [0.5, 0.6) is 0 Å². The van der Waals surface area contributed by atoms with Gasteiger partial charge >= 0.3 is 0 Å². The normalized spacial score (nSPS) is 17.3. The quantitative estimate of drug-likeness (QED) is 0.330. The molecule has 0 amide bonds. The Kier molecular flexibility index (Phi) is 9.50. The average molecular weight is 489 g/mol. The zero-order chi connectivity index (χ0) is 20.4. The van der Waals surface area contributed by atoms with Gasteiger partial charge in [-0.2, -0.15) is 0 Å². The first-order valence-electron chi connectivity index (χ1n) is 10.1. The van der Waals surface area contributed by atoms with Crippen LogP contribution >= 0.6 is 22.6 Å². The zero-order valence-corrected chi connectivity index (χ0v) is 19.4. The van der Waals surface area contributed by atoms with Crippen molar-refractivity contribution in [1.29, 1.82) is 0 Å². The maximum atomic E-state index is 10.9. The number of nitrogens with zero attached hydrogens (tertiary/aromatic N) is 1. The smallest absolute Gasteiger partial charge is 0.148 e. The third-order valence-electron chi connectivity index (χ3n) is 5.25. The van der Waals surface area contributed by atoms with Gasteiger partial charge in [0.05, 0.1) is 6.04 Å². The molecular formula is C25H32INO. The minimum absolute atomic E-state index is 0.241. The number of likely N-dealkylation sites (tertiary alicyclic amines) is 1. The number of halogens is 1. The van der Waals surface area contributed by atoms with Crippen LogP contribution < -0.4 is 0 Å².